The van der Waals surface area contributed by atoms with E-state index in [0.717, 1.165) is 16.8 Å². The number of amides is 1. The SMILES string of the molecule is O=C(CCN1Cc2ccccc2NCC1=O)OCc1ccccc1. The molecule has 24 heavy (non-hydrogen) atoms. The molecule has 0 aliphatic carbocycles. The van der Waals surface area contributed by atoms with Gasteiger partial charge in [-0.15, -0.1) is 0 Å². The van der Waals surface area contributed by atoms with E-state index in [1.807, 2.05) is 54.6 Å². The number of carbonyl (C=O) groups excluding carboxylic acids is 2. The summed E-state index contributed by atoms with van der Waals surface area (Å²) in [6.45, 7) is 1.38. The van der Waals surface area contributed by atoms with Crippen molar-refractivity contribution in [2.24, 2.45) is 0 Å². The van der Waals surface area contributed by atoms with Gasteiger partial charge in [0.25, 0.3) is 0 Å². The van der Waals surface area contributed by atoms with Gasteiger partial charge in [0.2, 0.25) is 5.91 Å². The van der Waals surface area contributed by atoms with E-state index in [1.165, 1.54) is 0 Å². The molecule has 0 fully saturated rings. The number of benzene rings is 2. The number of hydrogen-bond acceptors (Lipinski definition) is 4. The predicted molar refractivity (Wildman–Crippen MR) is 91.2 cm³/mol. The summed E-state index contributed by atoms with van der Waals surface area (Å²) in [6.07, 6.45) is 0.195. The molecule has 0 saturated carbocycles. The van der Waals surface area contributed by atoms with Gasteiger partial charge in [-0.1, -0.05) is 48.5 Å². The summed E-state index contributed by atoms with van der Waals surface area (Å²) in [6, 6.07) is 17.4. The molecule has 1 aliphatic rings. The molecule has 0 unspecified atom stereocenters. The van der Waals surface area contributed by atoms with Crippen LogP contribution in [0.15, 0.2) is 54.6 Å². The lowest BCUT2D eigenvalue weighted by Crippen LogP contribution is -2.34. The Hall–Kier alpha value is -2.82. The second kappa shape index (κ2) is 7.64. The van der Waals surface area contributed by atoms with Crippen molar-refractivity contribution in [1.29, 1.82) is 0 Å². The van der Waals surface area contributed by atoms with Crippen LogP contribution in [0.5, 0.6) is 0 Å². The number of carbonyl (C=O) groups is 2. The van der Waals surface area contributed by atoms with Crippen LogP contribution in [0.4, 0.5) is 5.69 Å². The number of nitrogens with zero attached hydrogens (tertiary/aromatic N) is 1. The smallest absolute Gasteiger partial charge is 0.307 e. The summed E-state index contributed by atoms with van der Waals surface area (Å²) >= 11 is 0. The molecular weight excluding hydrogens is 304 g/mol. The first-order chi connectivity index (χ1) is 11.7. The molecule has 1 aliphatic heterocycles. The summed E-state index contributed by atoms with van der Waals surface area (Å²) in [5.41, 5.74) is 2.98. The summed E-state index contributed by atoms with van der Waals surface area (Å²) < 4.78 is 5.26. The van der Waals surface area contributed by atoms with Crippen molar-refractivity contribution in [3.8, 4) is 0 Å². The van der Waals surface area contributed by atoms with Crippen LogP contribution in [-0.4, -0.2) is 29.9 Å². The number of anilines is 1. The maximum Gasteiger partial charge on any atom is 0.307 e. The van der Waals surface area contributed by atoms with E-state index in [2.05, 4.69) is 5.32 Å². The summed E-state index contributed by atoms with van der Waals surface area (Å²) in [4.78, 5) is 25.8. The van der Waals surface area contributed by atoms with Gasteiger partial charge in [0.05, 0.1) is 13.0 Å². The first-order valence-corrected chi connectivity index (χ1v) is 8.01. The van der Waals surface area contributed by atoms with E-state index in [4.69, 9.17) is 4.74 Å². The van der Waals surface area contributed by atoms with Gasteiger partial charge in [0.15, 0.2) is 0 Å². The molecule has 0 bridgehead atoms. The van der Waals surface area contributed by atoms with Crippen LogP contribution < -0.4 is 5.32 Å². The van der Waals surface area contributed by atoms with Gasteiger partial charge in [-0.3, -0.25) is 9.59 Å². The van der Waals surface area contributed by atoms with Gasteiger partial charge in [-0.25, -0.2) is 0 Å². The molecule has 0 saturated heterocycles. The average molecular weight is 324 g/mol. The molecule has 0 spiro atoms. The van der Waals surface area contributed by atoms with Crippen LogP contribution in [0.2, 0.25) is 0 Å². The number of ether oxygens (including phenoxy) is 1. The first kappa shape index (κ1) is 16.1. The molecule has 5 nitrogen and oxygen atoms in total. The van der Waals surface area contributed by atoms with Gasteiger partial charge >= 0.3 is 5.97 Å². The third-order valence-electron chi connectivity index (χ3n) is 3.99. The number of rotatable bonds is 5. The summed E-state index contributed by atoms with van der Waals surface area (Å²) in [5.74, 6) is -0.306. The van der Waals surface area contributed by atoms with Gasteiger partial charge in [-0.2, -0.15) is 0 Å². The largest absolute Gasteiger partial charge is 0.461 e. The van der Waals surface area contributed by atoms with Crippen molar-refractivity contribution >= 4 is 17.6 Å². The topological polar surface area (TPSA) is 58.6 Å². The molecule has 1 amide bonds. The number of para-hydroxylation sites is 1. The van der Waals surface area contributed by atoms with Crippen LogP contribution in [0, 0.1) is 0 Å². The van der Waals surface area contributed by atoms with E-state index in [0.29, 0.717) is 13.1 Å². The molecule has 1 N–H and O–H groups in total. The van der Waals surface area contributed by atoms with Crippen molar-refractivity contribution < 1.29 is 14.3 Å². The summed E-state index contributed by atoms with van der Waals surface area (Å²) in [7, 11) is 0. The Balaban J connectivity index is 1.52. The molecular formula is C19H20N2O3. The Morgan fingerprint density at radius 2 is 1.83 bits per heavy atom. The van der Waals surface area contributed by atoms with Gasteiger partial charge < -0.3 is 15.0 Å². The van der Waals surface area contributed by atoms with Crippen LogP contribution in [0.1, 0.15) is 17.5 Å². The highest BCUT2D eigenvalue weighted by Gasteiger charge is 2.20. The fourth-order valence-corrected chi connectivity index (χ4v) is 2.65. The Kier molecular flexibility index (Phi) is 5.11. The molecule has 2 aromatic rings. The Labute approximate surface area is 141 Å². The lowest BCUT2D eigenvalue weighted by molar-refractivity contribution is -0.145. The number of esters is 1. The Bertz CT molecular complexity index is 716. The monoisotopic (exact) mass is 324 g/mol. The van der Waals surface area contributed by atoms with E-state index in [1.54, 1.807) is 4.90 Å². The third kappa shape index (κ3) is 4.13. The highest BCUT2D eigenvalue weighted by Crippen LogP contribution is 2.20. The van der Waals surface area contributed by atoms with Crippen molar-refractivity contribution in [3.63, 3.8) is 0 Å². The fraction of sp³-hybridized carbons (Fsp3) is 0.263. The molecule has 5 heteroatoms. The van der Waals surface area contributed by atoms with Crippen LogP contribution in [0.25, 0.3) is 0 Å². The summed E-state index contributed by atoms with van der Waals surface area (Å²) in [5, 5.41) is 3.13. The average Bonchev–Trinajstić information content (AvgIpc) is 2.78. The quantitative estimate of drug-likeness (QED) is 0.859. The van der Waals surface area contributed by atoms with E-state index in [9.17, 15) is 9.59 Å². The Morgan fingerprint density at radius 1 is 1.08 bits per heavy atom. The van der Waals surface area contributed by atoms with Crippen molar-refractivity contribution in [2.45, 2.75) is 19.6 Å². The number of hydrogen-bond donors (Lipinski definition) is 1. The second-order valence-corrected chi connectivity index (χ2v) is 5.72. The molecule has 1 heterocycles. The standard InChI is InChI=1S/C19H20N2O3/c22-18-12-20-17-9-5-4-8-16(17)13-21(18)11-10-19(23)24-14-15-6-2-1-3-7-15/h1-9,20H,10-14H2. The van der Waals surface area contributed by atoms with Gasteiger partial charge in [0, 0.05) is 18.8 Å². The zero-order chi connectivity index (χ0) is 16.8. The molecule has 124 valence electrons. The van der Waals surface area contributed by atoms with Gasteiger partial charge in [0.1, 0.15) is 6.61 Å². The highest BCUT2D eigenvalue weighted by molar-refractivity contribution is 5.83. The molecule has 3 rings (SSSR count). The van der Waals surface area contributed by atoms with Crippen molar-refractivity contribution in [1.82, 2.24) is 4.90 Å². The minimum absolute atomic E-state index is 0.0120. The van der Waals surface area contributed by atoms with Crippen molar-refractivity contribution in [2.75, 3.05) is 18.4 Å². The maximum absolute atomic E-state index is 12.2. The molecule has 0 atom stereocenters. The lowest BCUT2D eigenvalue weighted by Gasteiger charge is -2.20. The number of nitrogens with one attached hydrogen (secondary N) is 1. The van der Waals surface area contributed by atoms with E-state index < -0.39 is 0 Å². The maximum atomic E-state index is 12.2. The zero-order valence-corrected chi connectivity index (χ0v) is 13.4. The van der Waals surface area contributed by atoms with Crippen molar-refractivity contribution in [3.05, 3.63) is 65.7 Å². The van der Waals surface area contributed by atoms with Crippen LogP contribution >= 0.6 is 0 Å². The number of fused-ring (bicyclic) bond motifs is 1. The van der Waals surface area contributed by atoms with Crippen LogP contribution in [-0.2, 0) is 27.5 Å². The van der Waals surface area contributed by atoms with E-state index >= 15 is 0 Å². The van der Waals surface area contributed by atoms with Crippen LogP contribution in [0.3, 0.4) is 0 Å². The zero-order valence-electron chi connectivity index (χ0n) is 13.4. The highest BCUT2D eigenvalue weighted by atomic mass is 16.5. The Morgan fingerprint density at radius 3 is 2.67 bits per heavy atom. The second-order valence-electron chi connectivity index (χ2n) is 5.72. The molecule has 2 aromatic carbocycles. The normalized spacial score (nSPS) is 13.7. The van der Waals surface area contributed by atoms with E-state index in [-0.39, 0.29) is 31.4 Å². The van der Waals surface area contributed by atoms with Gasteiger partial charge in [-0.05, 0) is 17.2 Å². The molecule has 0 radical (unpaired) electrons. The minimum Gasteiger partial charge on any atom is -0.461 e. The third-order valence-corrected chi connectivity index (χ3v) is 3.99. The molecule has 0 aromatic heterocycles. The fourth-order valence-electron chi connectivity index (χ4n) is 2.65. The first-order valence-electron chi connectivity index (χ1n) is 8.01. The lowest BCUT2D eigenvalue weighted by atomic mass is 10.1. The predicted octanol–water partition coefficient (Wildman–Crippen LogP) is 2.57. The minimum atomic E-state index is -0.294.